The maximum Gasteiger partial charge on any atom is 0.124 e. The van der Waals surface area contributed by atoms with Gasteiger partial charge in [0.25, 0.3) is 0 Å². The fourth-order valence-electron chi connectivity index (χ4n) is 3.50. The highest BCUT2D eigenvalue weighted by Crippen LogP contribution is 2.27. The van der Waals surface area contributed by atoms with Gasteiger partial charge >= 0.3 is 0 Å². The van der Waals surface area contributed by atoms with Crippen molar-refractivity contribution in [1.82, 2.24) is 9.80 Å². The summed E-state index contributed by atoms with van der Waals surface area (Å²) < 4.78 is 14.1. The molecule has 2 saturated heterocycles. The minimum Gasteiger partial charge on any atom is -0.298 e. The standard InChI is InChI=1S/C16H22BrFN2/c1-12-9-19-7-3-2-4-15(19)11-20(12)10-13-5-6-14(18)8-16(13)17/h5-6,8,12,15H,2-4,7,9-11H2,1H3. The molecule has 0 N–H and O–H groups in total. The van der Waals surface area contributed by atoms with Crippen LogP contribution in [0.2, 0.25) is 0 Å². The predicted molar refractivity (Wildman–Crippen MR) is 83.2 cm³/mol. The first-order chi connectivity index (χ1) is 9.63. The van der Waals surface area contributed by atoms with Crippen LogP contribution >= 0.6 is 15.9 Å². The molecule has 4 heteroatoms. The number of fused-ring (bicyclic) bond motifs is 1. The minimum atomic E-state index is -0.175. The van der Waals surface area contributed by atoms with Gasteiger partial charge in [-0.15, -0.1) is 0 Å². The molecular weight excluding hydrogens is 319 g/mol. The number of piperidine rings is 1. The van der Waals surface area contributed by atoms with Gasteiger partial charge in [-0.25, -0.2) is 4.39 Å². The van der Waals surface area contributed by atoms with Gasteiger partial charge in [0.05, 0.1) is 0 Å². The minimum absolute atomic E-state index is 0.175. The summed E-state index contributed by atoms with van der Waals surface area (Å²) in [5, 5.41) is 0. The van der Waals surface area contributed by atoms with Crippen LogP contribution in [0, 0.1) is 5.82 Å². The molecule has 0 amide bonds. The summed E-state index contributed by atoms with van der Waals surface area (Å²) in [6, 6.07) is 6.32. The number of hydrogen-bond donors (Lipinski definition) is 0. The number of rotatable bonds is 2. The van der Waals surface area contributed by atoms with E-state index < -0.39 is 0 Å². The highest BCUT2D eigenvalue weighted by molar-refractivity contribution is 9.10. The van der Waals surface area contributed by atoms with Crippen LogP contribution in [0.3, 0.4) is 0 Å². The first-order valence-corrected chi connectivity index (χ1v) is 8.35. The third-order valence-corrected chi connectivity index (χ3v) is 5.44. The van der Waals surface area contributed by atoms with Gasteiger partial charge in [-0.1, -0.05) is 28.4 Å². The summed E-state index contributed by atoms with van der Waals surface area (Å²) in [6.45, 7) is 6.80. The number of piperazine rings is 1. The quantitative estimate of drug-likeness (QED) is 0.810. The van der Waals surface area contributed by atoms with Crippen molar-refractivity contribution in [1.29, 1.82) is 0 Å². The van der Waals surface area contributed by atoms with Crippen LogP contribution in [0.4, 0.5) is 4.39 Å². The fraction of sp³-hybridized carbons (Fsp3) is 0.625. The van der Waals surface area contributed by atoms with Crippen LogP contribution < -0.4 is 0 Å². The van der Waals surface area contributed by atoms with E-state index in [9.17, 15) is 4.39 Å². The number of halogens is 2. The van der Waals surface area contributed by atoms with E-state index in [2.05, 4.69) is 32.7 Å². The summed E-state index contributed by atoms with van der Waals surface area (Å²) in [5.74, 6) is -0.175. The number of hydrogen-bond acceptors (Lipinski definition) is 2. The second-order valence-electron chi connectivity index (χ2n) is 6.16. The number of benzene rings is 1. The Kier molecular flexibility index (Phi) is 4.43. The predicted octanol–water partition coefficient (Wildman–Crippen LogP) is 3.65. The Morgan fingerprint density at radius 2 is 2.15 bits per heavy atom. The van der Waals surface area contributed by atoms with Crippen LogP contribution in [0.5, 0.6) is 0 Å². The zero-order valence-electron chi connectivity index (χ0n) is 12.0. The molecule has 2 unspecified atom stereocenters. The summed E-state index contributed by atoms with van der Waals surface area (Å²) >= 11 is 3.49. The Morgan fingerprint density at radius 3 is 2.95 bits per heavy atom. The van der Waals surface area contributed by atoms with Crippen molar-refractivity contribution < 1.29 is 4.39 Å². The van der Waals surface area contributed by atoms with E-state index >= 15 is 0 Å². The molecule has 0 saturated carbocycles. The lowest BCUT2D eigenvalue weighted by Gasteiger charge is -2.47. The molecule has 1 aromatic carbocycles. The molecule has 2 aliphatic rings. The molecule has 0 spiro atoms. The Morgan fingerprint density at radius 1 is 1.30 bits per heavy atom. The van der Waals surface area contributed by atoms with E-state index in [1.54, 1.807) is 12.1 Å². The highest BCUT2D eigenvalue weighted by Gasteiger charge is 2.32. The third kappa shape index (κ3) is 3.07. The van der Waals surface area contributed by atoms with Crippen LogP contribution in [0.25, 0.3) is 0 Å². The van der Waals surface area contributed by atoms with Gasteiger partial charge < -0.3 is 0 Å². The van der Waals surface area contributed by atoms with Crippen LogP contribution in [-0.4, -0.2) is 41.5 Å². The van der Waals surface area contributed by atoms with Crippen molar-refractivity contribution in [3.8, 4) is 0 Å². The molecule has 0 bridgehead atoms. The van der Waals surface area contributed by atoms with Crippen LogP contribution in [0.1, 0.15) is 31.7 Å². The van der Waals surface area contributed by atoms with Crippen molar-refractivity contribution in [2.45, 2.75) is 44.8 Å². The van der Waals surface area contributed by atoms with Gasteiger partial charge in [-0.3, -0.25) is 9.80 Å². The largest absolute Gasteiger partial charge is 0.298 e. The van der Waals surface area contributed by atoms with E-state index in [4.69, 9.17) is 0 Å². The zero-order chi connectivity index (χ0) is 14.1. The monoisotopic (exact) mass is 340 g/mol. The third-order valence-electron chi connectivity index (χ3n) is 4.70. The number of nitrogens with zero attached hydrogens (tertiary/aromatic N) is 2. The molecular formula is C16H22BrFN2. The molecule has 2 atom stereocenters. The normalized spacial score (nSPS) is 28.4. The SMILES string of the molecule is CC1CN2CCCCC2CN1Cc1ccc(F)cc1Br. The van der Waals surface area contributed by atoms with Crippen molar-refractivity contribution in [3.63, 3.8) is 0 Å². The summed E-state index contributed by atoms with van der Waals surface area (Å²) in [4.78, 5) is 5.20. The van der Waals surface area contributed by atoms with Gasteiger partial charge in [-0.05, 0) is 44.0 Å². The van der Waals surface area contributed by atoms with Gasteiger partial charge in [0.1, 0.15) is 5.82 Å². The topological polar surface area (TPSA) is 6.48 Å². The maximum absolute atomic E-state index is 13.2. The van der Waals surface area contributed by atoms with Gasteiger partial charge in [0.15, 0.2) is 0 Å². The molecule has 0 aliphatic carbocycles. The Labute approximate surface area is 129 Å². The molecule has 20 heavy (non-hydrogen) atoms. The van der Waals surface area contributed by atoms with Crippen molar-refractivity contribution in [2.24, 2.45) is 0 Å². The molecule has 0 aromatic heterocycles. The molecule has 2 heterocycles. The van der Waals surface area contributed by atoms with Gasteiger partial charge in [0.2, 0.25) is 0 Å². The van der Waals surface area contributed by atoms with Gasteiger partial charge in [0, 0.05) is 36.2 Å². The highest BCUT2D eigenvalue weighted by atomic mass is 79.9. The van der Waals surface area contributed by atoms with Crippen LogP contribution in [0.15, 0.2) is 22.7 Å². The second-order valence-corrected chi connectivity index (χ2v) is 7.01. The Balaban J connectivity index is 1.70. The van der Waals surface area contributed by atoms with E-state index in [-0.39, 0.29) is 5.82 Å². The van der Waals surface area contributed by atoms with E-state index in [0.717, 1.165) is 23.6 Å². The molecule has 1 aromatic rings. The average molecular weight is 341 g/mol. The summed E-state index contributed by atoms with van der Waals surface area (Å²) in [5.41, 5.74) is 1.18. The molecule has 3 rings (SSSR count). The molecule has 110 valence electrons. The lowest BCUT2D eigenvalue weighted by atomic mass is 9.97. The first-order valence-electron chi connectivity index (χ1n) is 7.55. The molecule has 2 aliphatic heterocycles. The lowest BCUT2D eigenvalue weighted by molar-refractivity contribution is 0.0110. The summed E-state index contributed by atoms with van der Waals surface area (Å²) in [6.07, 6.45) is 4.05. The smallest absolute Gasteiger partial charge is 0.124 e. The van der Waals surface area contributed by atoms with E-state index in [1.807, 2.05) is 6.07 Å². The maximum atomic E-state index is 13.2. The Hall–Kier alpha value is -0.450. The van der Waals surface area contributed by atoms with Crippen molar-refractivity contribution >= 4 is 15.9 Å². The first kappa shape index (κ1) is 14.5. The average Bonchev–Trinajstić information content (AvgIpc) is 2.42. The lowest BCUT2D eigenvalue weighted by Crippen LogP contribution is -2.58. The zero-order valence-corrected chi connectivity index (χ0v) is 13.6. The molecule has 2 fully saturated rings. The molecule has 2 nitrogen and oxygen atoms in total. The fourth-order valence-corrected chi connectivity index (χ4v) is 3.98. The van der Waals surface area contributed by atoms with Crippen LogP contribution in [-0.2, 0) is 6.54 Å². The summed E-state index contributed by atoms with van der Waals surface area (Å²) in [7, 11) is 0. The van der Waals surface area contributed by atoms with E-state index in [0.29, 0.717) is 6.04 Å². The van der Waals surface area contributed by atoms with E-state index in [1.165, 1.54) is 37.9 Å². The Bertz CT molecular complexity index is 480. The second kappa shape index (κ2) is 6.12. The van der Waals surface area contributed by atoms with Crippen molar-refractivity contribution in [3.05, 3.63) is 34.1 Å². The van der Waals surface area contributed by atoms with Gasteiger partial charge in [-0.2, -0.15) is 0 Å². The molecule has 0 radical (unpaired) electrons. The van der Waals surface area contributed by atoms with Crippen molar-refractivity contribution in [2.75, 3.05) is 19.6 Å².